The zero-order valence-corrected chi connectivity index (χ0v) is 9.27. The molecule has 0 aromatic heterocycles. The predicted molar refractivity (Wildman–Crippen MR) is 54.9 cm³/mol. The van der Waals surface area contributed by atoms with Gasteiger partial charge in [-0.2, -0.15) is 0 Å². The van der Waals surface area contributed by atoms with Gasteiger partial charge in [-0.1, -0.05) is 12.1 Å². The Hall–Kier alpha value is -2.04. The van der Waals surface area contributed by atoms with Crippen LogP contribution in [-0.4, -0.2) is 19.0 Å². The van der Waals surface area contributed by atoms with Crippen LogP contribution >= 0.6 is 0 Å². The molecule has 0 radical (unpaired) electrons. The number of carbonyl (C=O) groups is 2. The Balaban J connectivity index is 3.03. The highest BCUT2D eigenvalue weighted by Gasteiger charge is 2.16. The third-order valence-electron chi connectivity index (χ3n) is 1.86. The van der Waals surface area contributed by atoms with Crippen LogP contribution in [0.15, 0.2) is 18.2 Å². The summed E-state index contributed by atoms with van der Waals surface area (Å²) < 4.78 is 4.58. The summed E-state index contributed by atoms with van der Waals surface area (Å²) in [5.74, 6) is -0.963. The number of hydrogen-bond acceptors (Lipinski definition) is 5. The quantitative estimate of drug-likeness (QED) is 0.443. The monoisotopic (exact) mass is 224 g/mol. The average molecular weight is 224 g/mol. The van der Waals surface area contributed by atoms with Crippen LogP contribution in [0.25, 0.3) is 0 Å². The van der Waals surface area contributed by atoms with Gasteiger partial charge >= 0.3 is 11.9 Å². The van der Waals surface area contributed by atoms with Crippen molar-refractivity contribution in [2.45, 2.75) is 13.8 Å². The summed E-state index contributed by atoms with van der Waals surface area (Å²) in [5.41, 5.74) is 0.882. The van der Waals surface area contributed by atoms with Crippen molar-refractivity contribution < 1.29 is 24.1 Å². The van der Waals surface area contributed by atoms with Crippen molar-refractivity contribution in [3.05, 3.63) is 29.3 Å². The van der Waals surface area contributed by atoms with E-state index in [0.29, 0.717) is 5.56 Å². The lowest BCUT2D eigenvalue weighted by Crippen LogP contribution is -2.09. The Morgan fingerprint density at radius 1 is 1.25 bits per heavy atom. The molecule has 0 N–H and O–H groups in total. The molecule has 0 atom stereocenters. The second kappa shape index (κ2) is 5.16. The highest BCUT2D eigenvalue weighted by molar-refractivity contribution is 5.92. The molecule has 0 aliphatic rings. The third kappa shape index (κ3) is 2.73. The normalized spacial score (nSPS) is 9.44. The molecule has 0 saturated carbocycles. The van der Waals surface area contributed by atoms with Gasteiger partial charge in [0.15, 0.2) is 5.75 Å². The second-order valence-electron chi connectivity index (χ2n) is 3.10. The van der Waals surface area contributed by atoms with Crippen molar-refractivity contribution in [2.24, 2.45) is 0 Å². The number of benzene rings is 1. The minimum Gasteiger partial charge on any atom is -0.465 e. The molecule has 0 spiro atoms. The van der Waals surface area contributed by atoms with E-state index in [9.17, 15) is 9.59 Å². The van der Waals surface area contributed by atoms with E-state index in [-0.39, 0.29) is 11.3 Å². The Labute approximate surface area is 92.8 Å². The Morgan fingerprint density at radius 3 is 2.50 bits per heavy atom. The molecule has 0 heterocycles. The van der Waals surface area contributed by atoms with Crippen LogP contribution in [-0.2, 0) is 14.4 Å². The molecule has 1 aromatic carbocycles. The van der Waals surface area contributed by atoms with Crippen molar-refractivity contribution in [2.75, 3.05) is 7.11 Å². The number of para-hydroxylation sites is 1. The first-order valence-corrected chi connectivity index (χ1v) is 4.59. The van der Waals surface area contributed by atoms with Crippen LogP contribution < -0.4 is 4.89 Å². The molecule has 0 bridgehead atoms. The Bertz CT molecular complexity index is 411. The minimum absolute atomic E-state index is 0.185. The first-order chi connectivity index (χ1) is 7.56. The zero-order valence-electron chi connectivity index (χ0n) is 9.27. The number of carbonyl (C=O) groups excluding carboxylic acids is 2. The van der Waals surface area contributed by atoms with Gasteiger partial charge in [-0.15, -0.1) is 0 Å². The maximum atomic E-state index is 11.4. The van der Waals surface area contributed by atoms with Gasteiger partial charge in [-0.3, -0.25) is 9.78 Å². The van der Waals surface area contributed by atoms with Crippen molar-refractivity contribution in [3.63, 3.8) is 0 Å². The van der Waals surface area contributed by atoms with Crippen LogP contribution in [0.5, 0.6) is 5.75 Å². The fourth-order valence-electron chi connectivity index (χ4n) is 1.13. The van der Waals surface area contributed by atoms with Gasteiger partial charge in [0, 0.05) is 6.92 Å². The third-order valence-corrected chi connectivity index (χ3v) is 1.86. The van der Waals surface area contributed by atoms with Gasteiger partial charge in [-0.05, 0) is 18.6 Å². The number of methoxy groups -OCH3 is 1. The summed E-state index contributed by atoms with van der Waals surface area (Å²) in [4.78, 5) is 31.2. The number of hydrogen-bond donors (Lipinski definition) is 0. The number of rotatable bonds is 3. The maximum Gasteiger partial charge on any atom is 0.352 e. The fourth-order valence-corrected chi connectivity index (χ4v) is 1.13. The van der Waals surface area contributed by atoms with Gasteiger partial charge in [0.25, 0.3) is 0 Å². The van der Waals surface area contributed by atoms with Crippen molar-refractivity contribution in [3.8, 4) is 5.75 Å². The molecule has 5 nitrogen and oxygen atoms in total. The molecule has 16 heavy (non-hydrogen) atoms. The summed E-state index contributed by atoms with van der Waals surface area (Å²) in [6, 6.07) is 4.94. The van der Waals surface area contributed by atoms with Gasteiger partial charge in [0.05, 0.1) is 7.11 Å². The molecule has 1 aromatic rings. The Morgan fingerprint density at radius 2 is 1.94 bits per heavy atom. The van der Waals surface area contributed by atoms with Crippen LogP contribution in [0.4, 0.5) is 0 Å². The number of esters is 1. The largest absolute Gasteiger partial charge is 0.465 e. The van der Waals surface area contributed by atoms with Crippen molar-refractivity contribution in [1.29, 1.82) is 0 Å². The van der Waals surface area contributed by atoms with Crippen LogP contribution in [0.3, 0.4) is 0 Å². The zero-order chi connectivity index (χ0) is 12.1. The molecule has 1 rings (SSSR count). The lowest BCUT2D eigenvalue weighted by atomic mass is 10.1. The molecule has 0 saturated heterocycles. The van der Waals surface area contributed by atoms with Crippen LogP contribution in [0, 0.1) is 6.92 Å². The molecule has 0 aliphatic carbocycles. The van der Waals surface area contributed by atoms with E-state index >= 15 is 0 Å². The van der Waals surface area contributed by atoms with E-state index in [4.69, 9.17) is 4.89 Å². The molecule has 0 amide bonds. The molecular weight excluding hydrogens is 212 g/mol. The van der Waals surface area contributed by atoms with Crippen molar-refractivity contribution >= 4 is 11.9 Å². The first kappa shape index (κ1) is 12.0. The minimum atomic E-state index is -0.598. The SMILES string of the molecule is COC(=O)c1cccc(C)c1OOC(C)=O. The van der Waals surface area contributed by atoms with Gasteiger partial charge in [-0.25, -0.2) is 9.59 Å². The molecular formula is C11H12O5. The standard InChI is InChI=1S/C11H12O5/c1-7-5-4-6-9(11(13)14-3)10(7)16-15-8(2)12/h4-6H,1-3H3. The van der Waals surface area contributed by atoms with E-state index in [1.807, 2.05) is 0 Å². The summed E-state index contributed by atoms with van der Waals surface area (Å²) >= 11 is 0. The summed E-state index contributed by atoms with van der Waals surface area (Å²) in [5, 5.41) is 0. The molecule has 0 fully saturated rings. The molecule has 86 valence electrons. The fraction of sp³-hybridized carbons (Fsp3) is 0.273. The van der Waals surface area contributed by atoms with E-state index in [1.165, 1.54) is 20.1 Å². The van der Waals surface area contributed by atoms with Gasteiger partial charge in [0.1, 0.15) is 5.56 Å². The number of aryl methyl sites for hydroxylation is 1. The van der Waals surface area contributed by atoms with Crippen molar-refractivity contribution in [1.82, 2.24) is 0 Å². The van der Waals surface area contributed by atoms with E-state index < -0.39 is 11.9 Å². The topological polar surface area (TPSA) is 61.8 Å². The lowest BCUT2D eigenvalue weighted by molar-refractivity contribution is -0.211. The molecule has 0 unspecified atom stereocenters. The van der Waals surface area contributed by atoms with Gasteiger partial charge in [0.2, 0.25) is 0 Å². The summed E-state index contributed by atoms with van der Waals surface area (Å²) in [7, 11) is 1.26. The average Bonchev–Trinajstić information content (AvgIpc) is 2.25. The van der Waals surface area contributed by atoms with E-state index in [0.717, 1.165) is 0 Å². The maximum absolute atomic E-state index is 11.4. The Kier molecular flexibility index (Phi) is 3.88. The van der Waals surface area contributed by atoms with Crippen LogP contribution in [0.2, 0.25) is 0 Å². The van der Waals surface area contributed by atoms with E-state index in [2.05, 4.69) is 9.62 Å². The summed E-state index contributed by atoms with van der Waals surface area (Å²) in [6.45, 7) is 2.93. The first-order valence-electron chi connectivity index (χ1n) is 4.59. The smallest absolute Gasteiger partial charge is 0.352 e. The van der Waals surface area contributed by atoms with Gasteiger partial charge < -0.3 is 4.74 Å². The predicted octanol–water partition coefficient (Wildman–Crippen LogP) is 1.64. The molecule has 5 heteroatoms. The van der Waals surface area contributed by atoms with E-state index in [1.54, 1.807) is 19.1 Å². The van der Waals surface area contributed by atoms with Crippen LogP contribution in [0.1, 0.15) is 22.8 Å². The number of ether oxygens (including phenoxy) is 1. The highest BCUT2D eigenvalue weighted by Crippen LogP contribution is 2.24. The summed E-state index contributed by atoms with van der Waals surface area (Å²) in [6.07, 6.45) is 0. The lowest BCUT2D eigenvalue weighted by Gasteiger charge is -2.09. The second-order valence-corrected chi connectivity index (χ2v) is 3.10. The molecule has 0 aliphatic heterocycles. The highest BCUT2D eigenvalue weighted by atomic mass is 17.2.